The molecule has 2 aromatic rings. The molecule has 0 saturated carbocycles. The Bertz CT molecular complexity index is 579. The van der Waals surface area contributed by atoms with Crippen molar-refractivity contribution in [3.8, 4) is 0 Å². The van der Waals surface area contributed by atoms with Crippen molar-refractivity contribution in [2.45, 2.75) is 45.7 Å². The minimum absolute atomic E-state index is 0.239. The smallest absolute Gasteiger partial charge is 0.138 e. The van der Waals surface area contributed by atoms with Gasteiger partial charge in [-0.3, -0.25) is 0 Å². The molecule has 116 valence electrons. The molecule has 0 aliphatic carbocycles. The van der Waals surface area contributed by atoms with Crippen molar-refractivity contribution in [1.82, 2.24) is 20.1 Å². The number of rotatable bonds is 7. The first-order valence-corrected chi connectivity index (χ1v) is 9.49. The average molecular weight is 436 g/mol. The summed E-state index contributed by atoms with van der Waals surface area (Å²) in [6.45, 7) is 7.42. The number of hydrogen-bond acceptors (Lipinski definition) is 4. The molecule has 21 heavy (non-hydrogen) atoms. The molecule has 0 aliphatic heterocycles. The van der Waals surface area contributed by atoms with Crippen LogP contribution in [0.25, 0.3) is 0 Å². The van der Waals surface area contributed by atoms with E-state index in [2.05, 4.69) is 74.1 Å². The van der Waals surface area contributed by atoms with Gasteiger partial charge in [0, 0.05) is 18.5 Å². The number of thiophene rings is 1. The van der Waals surface area contributed by atoms with Gasteiger partial charge in [-0.1, -0.05) is 6.92 Å². The predicted octanol–water partition coefficient (Wildman–Crippen LogP) is 4.73. The molecular weight excluding hydrogens is 416 g/mol. The fourth-order valence-electron chi connectivity index (χ4n) is 2.24. The van der Waals surface area contributed by atoms with Gasteiger partial charge in [-0.2, -0.15) is 5.10 Å². The number of nitrogens with one attached hydrogen (secondary N) is 1. The van der Waals surface area contributed by atoms with Crippen LogP contribution in [0.5, 0.6) is 0 Å². The third kappa shape index (κ3) is 4.37. The zero-order chi connectivity index (χ0) is 15.4. The average Bonchev–Trinajstić information content (AvgIpc) is 3.01. The highest BCUT2D eigenvalue weighted by Crippen LogP contribution is 2.36. The van der Waals surface area contributed by atoms with Crippen molar-refractivity contribution >= 4 is 43.2 Å². The Morgan fingerprint density at radius 2 is 2.14 bits per heavy atom. The molecule has 4 nitrogen and oxygen atoms in total. The predicted molar refractivity (Wildman–Crippen MR) is 94.9 cm³/mol. The lowest BCUT2D eigenvalue weighted by atomic mass is 10.1. The summed E-state index contributed by atoms with van der Waals surface area (Å²) >= 11 is 8.93. The molecule has 0 radical (unpaired) electrons. The fraction of sp³-hybridized carbons (Fsp3) is 0.571. The van der Waals surface area contributed by atoms with Crippen molar-refractivity contribution in [3.63, 3.8) is 0 Å². The van der Waals surface area contributed by atoms with Gasteiger partial charge in [0.2, 0.25) is 0 Å². The van der Waals surface area contributed by atoms with Crippen LogP contribution in [0, 0.1) is 0 Å². The van der Waals surface area contributed by atoms with Crippen molar-refractivity contribution in [2.24, 2.45) is 0 Å². The van der Waals surface area contributed by atoms with Gasteiger partial charge in [0.25, 0.3) is 0 Å². The molecule has 2 aromatic heterocycles. The fourth-order valence-corrected chi connectivity index (χ4v) is 5.21. The molecule has 0 amide bonds. The van der Waals surface area contributed by atoms with Gasteiger partial charge in [-0.15, -0.1) is 11.3 Å². The lowest BCUT2D eigenvalue weighted by Crippen LogP contribution is -2.25. The second kappa shape index (κ2) is 7.85. The highest BCUT2D eigenvalue weighted by Gasteiger charge is 2.20. The summed E-state index contributed by atoms with van der Waals surface area (Å²) < 4.78 is 4.30. The Labute approximate surface area is 146 Å². The minimum atomic E-state index is 0.239. The van der Waals surface area contributed by atoms with Gasteiger partial charge < -0.3 is 5.32 Å². The summed E-state index contributed by atoms with van der Waals surface area (Å²) in [6, 6.07) is 2.74. The quantitative estimate of drug-likeness (QED) is 0.683. The maximum atomic E-state index is 4.44. The second-order valence-corrected chi connectivity index (χ2v) is 8.95. The van der Waals surface area contributed by atoms with Gasteiger partial charge in [0.15, 0.2) is 0 Å². The normalized spacial score (nSPS) is 13.0. The van der Waals surface area contributed by atoms with Crippen LogP contribution in [-0.2, 0) is 6.42 Å². The highest BCUT2D eigenvalue weighted by molar-refractivity contribution is 9.12. The second-order valence-electron chi connectivity index (χ2n) is 5.20. The molecule has 1 atom stereocenters. The summed E-state index contributed by atoms with van der Waals surface area (Å²) in [6.07, 6.45) is 3.58. The molecule has 2 rings (SSSR count). The molecule has 2 heterocycles. The maximum Gasteiger partial charge on any atom is 0.138 e. The first-order valence-electron chi connectivity index (χ1n) is 7.09. The minimum Gasteiger partial charge on any atom is -0.309 e. The van der Waals surface area contributed by atoms with Crippen LogP contribution in [0.1, 0.15) is 50.7 Å². The van der Waals surface area contributed by atoms with Gasteiger partial charge in [0.1, 0.15) is 12.2 Å². The van der Waals surface area contributed by atoms with Crippen LogP contribution >= 0.6 is 43.2 Å². The van der Waals surface area contributed by atoms with Gasteiger partial charge >= 0.3 is 0 Å². The van der Waals surface area contributed by atoms with Crippen molar-refractivity contribution in [2.75, 3.05) is 6.54 Å². The largest absolute Gasteiger partial charge is 0.309 e. The molecule has 0 aromatic carbocycles. The van der Waals surface area contributed by atoms with Gasteiger partial charge in [-0.05, 0) is 70.3 Å². The van der Waals surface area contributed by atoms with E-state index in [4.69, 9.17) is 0 Å². The van der Waals surface area contributed by atoms with Gasteiger partial charge in [0.05, 0.1) is 7.57 Å². The SMILES string of the molecule is CCCNC(Cc1ncnn1C(C)C)c1cc(Br)sc1Br. The standard InChI is InChI=1S/C14H20Br2N4S/c1-4-5-17-11(10-6-12(15)21-14(10)16)7-13-18-8-19-20(13)9(2)3/h6,8-9,11,17H,4-5,7H2,1-3H3. The van der Waals surface area contributed by atoms with E-state index in [1.807, 2.05) is 4.68 Å². The van der Waals surface area contributed by atoms with E-state index in [1.165, 1.54) is 9.35 Å². The Morgan fingerprint density at radius 3 is 2.71 bits per heavy atom. The summed E-state index contributed by atoms with van der Waals surface area (Å²) in [4.78, 5) is 4.44. The van der Waals surface area contributed by atoms with Gasteiger partial charge in [-0.25, -0.2) is 9.67 Å². The molecule has 0 fully saturated rings. The van der Waals surface area contributed by atoms with E-state index in [0.717, 1.165) is 29.0 Å². The molecular formula is C14H20Br2N4S. The van der Waals surface area contributed by atoms with E-state index in [9.17, 15) is 0 Å². The zero-order valence-corrected chi connectivity index (χ0v) is 16.4. The van der Waals surface area contributed by atoms with Crippen LogP contribution in [0.15, 0.2) is 20.0 Å². The molecule has 0 bridgehead atoms. The van der Waals surface area contributed by atoms with Crippen molar-refractivity contribution in [3.05, 3.63) is 31.4 Å². The lowest BCUT2D eigenvalue weighted by Gasteiger charge is -2.19. The molecule has 0 saturated heterocycles. The Kier molecular flexibility index (Phi) is 6.40. The van der Waals surface area contributed by atoms with Crippen LogP contribution in [0.2, 0.25) is 0 Å². The third-order valence-electron chi connectivity index (χ3n) is 3.22. The zero-order valence-electron chi connectivity index (χ0n) is 12.4. The number of halogens is 2. The first-order chi connectivity index (χ1) is 10.0. The molecule has 1 unspecified atom stereocenters. The van der Waals surface area contributed by atoms with Crippen LogP contribution < -0.4 is 5.32 Å². The van der Waals surface area contributed by atoms with Crippen LogP contribution in [0.3, 0.4) is 0 Å². The van der Waals surface area contributed by atoms with E-state index >= 15 is 0 Å². The number of nitrogens with zero attached hydrogens (tertiary/aromatic N) is 3. The molecule has 0 spiro atoms. The van der Waals surface area contributed by atoms with Crippen LogP contribution in [0.4, 0.5) is 0 Å². The Balaban J connectivity index is 2.24. The molecule has 0 aliphatic rings. The Hall–Kier alpha value is -0.240. The third-order valence-corrected chi connectivity index (χ3v) is 5.61. The topological polar surface area (TPSA) is 42.7 Å². The molecule has 7 heteroatoms. The van der Waals surface area contributed by atoms with E-state index in [-0.39, 0.29) is 6.04 Å². The summed E-state index contributed by atoms with van der Waals surface area (Å²) in [5, 5.41) is 7.95. The summed E-state index contributed by atoms with van der Waals surface area (Å²) in [5.74, 6) is 1.02. The van der Waals surface area contributed by atoms with Crippen molar-refractivity contribution < 1.29 is 0 Å². The number of hydrogen-bond donors (Lipinski definition) is 1. The van der Waals surface area contributed by atoms with E-state index in [0.29, 0.717) is 6.04 Å². The van der Waals surface area contributed by atoms with Crippen molar-refractivity contribution in [1.29, 1.82) is 0 Å². The lowest BCUT2D eigenvalue weighted by molar-refractivity contribution is 0.463. The number of aromatic nitrogens is 3. The molecule has 1 N–H and O–H groups in total. The van der Waals surface area contributed by atoms with E-state index in [1.54, 1.807) is 17.7 Å². The first kappa shape index (κ1) is 17.1. The van der Waals surface area contributed by atoms with Crippen LogP contribution in [-0.4, -0.2) is 21.3 Å². The highest BCUT2D eigenvalue weighted by atomic mass is 79.9. The Morgan fingerprint density at radius 1 is 1.38 bits per heavy atom. The van der Waals surface area contributed by atoms with E-state index < -0.39 is 0 Å². The monoisotopic (exact) mass is 434 g/mol. The summed E-state index contributed by atoms with van der Waals surface area (Å²) in [5.41, 5.74) is 1.28. The summed E-state index contributed by atoms with van der Waals surface area (Å²) in [7, 11) is 0. The maximum absolute atomic E-state index is 4.44.